The maximum atomic E-state index is 4.10. The van der Waals surface area contributed by atoms with Gasteiger partial charge in [-0.15, -0.1) is 10.2 Å². The maximum absolute atomic E-state index is 4.10. The molecule has 2 aromatic rings. The molecule has 1 aromatic carbocycles. The average molecular weight is 259 g/mol. The standard InChI is InChI=1S/C14H21N5/c1-14(2,3)10-9-12(13-16-18-19-17-13)15-11-7-5-4-6-8-11/h4-8,12,15H,9-10H2,1-3H3,(H,16,17,18,19). The zero-order valence-electron chi connectivity index (χ0n) is 11.7. The molecule has 1 unspecified atom stereocenters. The number of H-pyrrole nitrogens is 1. The molecule has 0 saturated heterocycles. The Morgan fingerprint density at radius 3 is 2.53 bits per heavy atom. The first-order chi connectivity index (χ1) is 9.04. The van der Waals surface area contributed by atoms with Gasteiger partial charge in [0.15, 0.2) is 5.82 Å². The van der Waals surface area contributed by atoms with Crippen molar-refractivity contribution in [3.05, 3.63) is 36.2 Å². The van der Waals surface area contributed by atoms with Crippen molar-refractivity contribution in [2.75, 3.05) is 5.32 Å². The molecule has 0 saturated carbocycles. The highest BCUT2D eigenvalue weighted by atomic mass is 15.5. The van der Waals surface area contributed by atoms with Crippen LogP contribution < -0.4 is 5.32 Å². The second-order valence-electron chi connectivity index (χ2n) is 5.93. The molecule has 1 atom stereocenters. The number of hydrogen-bond acceptors (Lipinski definition) is 4. The predicted octanol–water partition coefficient (Wildman–Crippen LogP) is 3.18. The van der Waals surface area contributed by atoms with Crippen molar-refractivity contribution >= 4 is 5.69 Å². The second-order valence-corrected chi connectivity index (χ2v) is 5.93. The van der Waals surface area contributed by atoms with Gasteiger partial charge in [0.1, 0.15) is 0 Å². The Labute approximate surface area is 113 Å². The SMILES string of the molecule is CC(C)(C)CCC(Nc1ccccc1)c1nn[nH]n1. The average Bonchev–Trinajstić information content (AvgIpc) is 2.88. The van der Waals surface area contributed by atoms with Gasteiger partial charge in [0.05, 0.1) is 6.04 Å². The van der Waals surface area contributed by atoms with Crippen LogP contribution in [0.1, 0.15) is 45.5 Å². The van der Waals surface area contributed by atoms with E-state index in [1.165, 1.54) is 0 Å². The van der Waals surface area contributed by atoms with Crippen LogP contribution in [-0.4, -0.2) is 20.6 Å². The minimum atomic E-state index is 0.0837. The Morgan fingerprint density at radius 2 is 1.95 bits per heavy atom. The van der Waals surface area contributed by atoms with Crippen molar-refractivity contribution in [2.45, 2.75) is 39.7 Å². The minimum Gasteiger partial charge on any atom is -0.375 e. The lowest BCUT2D eigenvalue weighted by Gasteiger charge is -2.22. The van der Waals surface area contributed by atoms with Crippen LogP contribution in [0.15, 0.2) is 30.3 Å². The van der Waals surface area contributed by atoms with E-state index >= 15 is 0 Å². The van der Waals surface area contributed by atoms with Gasteiger partial charge in [-0.2, -0.15) is 5.21 Å². The number of benzene rings is 1. The van der Waals surface area contributed by atoms with Crippen LogP contribution in [0.3, 0.4) is 0 Å². The zero-order chi connectivity index (χ0) is 13.7. The van der Waals surface area contributed by atoms with E-state index in [2.05, 4.69) is 46.7 Å². The van der Waals surface area contributed by atoms with Gasteiger partial charge >= 0.3 is 0 Å². The van der Waals surface area contributed by atoms with Crippen LogP contribution in [0.4, 0.5) is 5.69 Å². The number of tetrazole rings is 1. The van der Waals surface area contributed by atoms with Crippen molar-refractivity contribution in [1.82, 2.24) is 20.6 Å². The Kier molecular flexibility index (Phi) is 4.14. The second kappa shape index (κ2) is 5.82. The third-order valence-corrected chi connectivity index (χ3v) is 2.97. The van der Waals surface area contributed by atoms with Gasteiger partial charge in [-0.05, 0) is 30.4 Å². The summed E-state index contributed by atoms with van der Waals surface area (Å²) in [6, 6.07) is 10.2. The molecule has 0 radical (unpaired) electrons. The van der Waals surface area contributed by atoms with Crippen molar-refractivity contribution in [3.63, 3.8) is 0 Å². The highest BCUT2D eigenvalue weighted by molar-refractivity contribution is 5.43. The molecular weight excluding hydrogens is 238 g/mol. The Bertz CT molecular complexity index is 472. The number of aromatic nitrogens is 4. The highest BCUT2D eigenvalue weighted by Gasteiger charge is 2.19. The van der Waals surface area contributed by atoms with Crippen LogP contribution in [0.2, 0.25) is 0 Å². The molecule has 5 nitrogen and oxygen atoms in total. The first-order valence-corrected chi connectivity index (χ1v) is 6.59. The summed E-state index contributed by atoms with van der Waals surface area (Å²) in [6.45, 7) is 6.72. The molecule has 0 fully saturated rings. The molecule has 1 aromatic heterocycles. The molecular formula is C14H21N5. The van der Waals surface area contributed by atoms with Crippen molar-refractivity contribution < 1.29 is 0 Å². The van der Waals surface area contributed by atoms with E-state index in [1.54, 1.807) is 0 Å². The van der Waals surface area contributed by atoms with Crippen LogP contribution in [0, 0.1) is 5.41 Å². The van der Waals surface area contributed by atoms with Gasteiger partial charge < -0.3 is 5.32 Å². The molecule has 0 spiro atoms. The molecule has 0 aliphatic carbocycles. The summed E-state index contributed by atoms with van der Waals surface area (Å²) < 4.78 is 0. The Hall–Kier alpha value is -1.91. The fraction of sp³-hybridized carbons (Fsp3) is 0.500. The zero-order valence-corrected chi connectivity index (χ0v) is 11.7. The van der Waals surface area contributed by atoms with Gasteiger partial charge in [0.2, 0.25) is 0 Å². The molecule has 2 N–H and O–H groups in total. The normalized spacial score (nSPS) is 13.2. The molecule has 0 bridgehead atoms. The lowest BCUT2D eigenvalue weighted by Crippen LogP contribution is -2.16. The topological polar surface area (TPSA) is 66.5 Å². The Balaban J connectivity index is 2.07. The third kappa shape index (κ3) is 4.35. The van der Waals surface area contributed by atoms with Crippen molar-refractivity contribution in [3.8, 4) is 0 Å². The predicted molar refractivity (Wildman–Crippen MR) is 75.7 cm³/mol. The summed E-state index contributed by atoms with van der Waals surface area (Å²) in [4.78, 5) is 0. The van der Waals surface area contributed by atoms with Gasteiger partial charge in [-0.3, -0.25) is 0 Å². The van der Waals surface area contributed by atoms with Crippen molar-refractivity contribution in [1.29, 1.82) is 0 Å². The minimum absolute atomic E-state index is 0.0837. The van der Waals surface area contributed by atoms with Gasteiger partial charge in [-0.25, -0.2) is 0 Å². The summed E-state index contributed by atoms with van der Waals surface area (Å²) >= 11 is 0. The number of nitrogens with zero attached hydrogens (tertiary/aromatic N) is 3. The summed E-state index contributed by atoms with van der Waals surface area (Å²) in [5.41, 5.74) is 1.37. The summed E-state index contributed by atoms with van der Waals surface area (Å²) in [5.74, 6) is 0.716. The smallest absolute Gasteiger partial charge is 0.196 e. The number of nitrogens with one attached hydrogen (secondary N) is 2. The Morgan fingerprint density at radius 1 is 1.21 bits per heavy atom. The van der Waals surface area contributed by atoms with Crippen LogP contribution in [0.5, 0.6) is 0 Å². The maximum Gasteiger partial charge on any atom is 0.196 e. The monoisotopic (exact) mass is 259 g/mol. The van der Waals surface area contributed by atoms with Crippen molar-refractivity contribution in [2.24, 2.45) is 5.41 Å². The molecule has 0 aliphatic heterocycles. The van der Waals surface area contributed by atoms with Gasteiger partial charge in [-0.1, -0.05) is 44.2 Å². The van der Waals surface area contributed by atoms with Gasteiger partial charge in [0.25, 0.3) is 0 Å². The fourth-order valence-corrected chi connectivity index (χ4v) is 1.90. The quantitative estimate of drug-likeness (QED) is 0.865. The van der Waals surface area contributed by atoms with Crippen LogP contribution >= 0.6 is 0 Å². The largest absolute Gasteiger partial charge is 0.375 e. The summed E-state index contributed by atoms with van der Waals surface area (Å²) in [6.07, 6.45) is 2.06. The highest BCUT2D eigenvalue weighted by Crippen LogP contribution is 2.28. The number of aromatic amines is 1. The molecule has 1 heterocycles. The first kappa shape index (κ1) is 13.5. The lowest BCUT2D eigenvalue weighted by molar-refractivity contribution is 0.352. The summed E-state index contributed by atoms with van der Waals surface area (Å²) in [5, 5.41) is 17.9. The number of hydrogen-bond donors (Lipinski definition) is 2. The molecule has 102 valence electrons. The molecule has 19 heavy (non-hydrogen) atoms. The van der Waals surface area contributed by atoms with E-state index in [0.717, 1.165) is 18.5 Å². The number of anilines is 1. The number of para-hydroxylation sites is 1. The van der Waals surface area contributed by atoms with Crippen LogP contribution in [-0.2, 0) is 0 Å². The first-order valence-electron chi connectivity index (χ1n) is 6.59. The molecule has 2 rings (SSSR count). The van der Waals surface area contributed by atoms with E-state index in [4.69, 9.17) is 0 Å². The van der Waals surface area contributed by atoms with E-state index in [9.17, 15) is 0 Å². The number of rotatable bonds is 5. The molecule has 0 aliphatic rings. The molecule has 0 amide bonds. The van der Waals surface area contributed by atoms with E-state index in [0.29, 0.717) is 11.2 Å². The van der Waals surface area contributed by atoms with E-state index < -0.39 is 0 Å². The third-order valence-electron chi connectivity index (χ3n) is 2.97. The lowest BCUT2D eigenvalue weighted by atomic mass is 9.88. The van der Waals surface area contributed by atoms with Gasteiger partial charge in [0, 0.05) is 5.69 Å². The van der Waals surface area contributed by atoms with E-state index in [1.807, 2.05) is 30.3 Å². The molecule has 5 heteroatoms. The summed E-state index contributed by atoms with van der Waals surface area (Å²) in [7, 11) is 0. The van der Waals surface area contributed by atoms with E-state index in [-0.39, 0.29) is 6.04 Å². The fourth-order valence-electron chi connectivity index (χ4n) is 1.90. The van der Waals surface area contributed by atoms with Crippen LogP contribution in [0.25, 0.3) is 0 Å².